The molecule has 0 bridgehead atoms. The summed E-state index contributed by atoms with van der Waals surface area (Å²) >= 11 is 5.95. The van der Waals surface area contributed by atoms with Gasteiger partial charge in [0.05, 0.1) is 13.5 Å². The zero-order valence-electron chi connectivity index (χ0n) is 11.4. The van der Waals surface area contributed by atoms with Gasteiger partial charge in [0.25, 0.3) is 0 Å². The third-order valence-corrected chi connectivity index (χ3v) is 3.98. The maximum atomic E-state index is 12.1. The predicted molar refractivity (Wildman–Crippen MR) is 76.7 cm³/mol. The number of methoxy groups -OCH3 is 1. The Labute approximate surface area is 119 Å². The van der Waals surface area contributed by atoms with E-state index in [4.69, 9.17) is 16.3 Å². The Morgan fingerprint density at radius 3 is 2.84 bits per heavy atom. The highest BCUT2D eigenvalue weighted by molar-refractivity contribution is 6.21. The van der Waals surface area contributed by atoms with Crippen molar-refractivity contribution >= 4 is 17.5 Å². The first kappa shape index (κ1) is 14.2. The summed E-state index contributed by atoms with van der Waals surface area (Å²) in [5, 5.41) is 0.312. The van der Waals surface area contributed by atoms with Crippen LogP contribution in [0, 0.1) is 5.92 Å². The van der Waals surface area contributed by atoms with Gasteiger partial charge < -0.3 is 9.64 Å². The van der Waals surface area contributed by atoms with Crippen LogP contribution in [-0.2, 0) is 11.2 Å². The average Bonchev–Trinajstić information content (AvgIpc) is 2.37. The topological polar surface area (TPSA) is 29.5 Å². The van der Waals surface area contributed by atoms with Crippen LogP contribution in [0.2, 0.25) is 0 Å². The molecule has 0 atom stereocenters. The predicted octanol–water partition coefficient (Wildman–Crippen LogP) is 2.71. The molecule has 0 aromatic heterocycles. The summed E-state index contributed by atoms with van der Waals surface area (Å²) in [4.78, 5) is 13.9. The van der Waals surface area contributed by atoms with Gasteiger partial charge in [-0.1, -0.05) is 12.1 Å². The van der Waals surface area contributed by atoms with Crippen molar-refractivity contribution in [3.63, 3.8) is 0 Å². The lowest BCUT2D eigenvalue weighted by Gasteiger charge is -2.34. The molecule has 2 rings (SSSR count). The quantitative estimate of drug-likeness (QED) is 0.777. The highest BCUT2D eigenvalue weighted by atomic mass is 35.5. The molecule has 0 unspecified atom stereocenters. The molecule has 1 amide bonds. The van der Waals surface area contributed by atoms with Crippen molar-refractivity contribution in [3.8, 4) is 5.75 Å². The maximum absolute atomic E-state index is 12.1. The molecule has 0 radical (unpaired) electrons. The molecule has 3 nitrogen and oxygen atoms in total. The molecule has 1 aromatic carbocycles. The molecule has 1 saturated carbocycles. The van der Waals surface area contributed by atoms with E-state index in [2.05, 4.69) is 0 Å². The monoisotopic (exact) mass is 281 g/mol. The molecule has 19 heavy (non-hydrogen) atoms. The van der Waals surface area contributed by atoms with Crippen LogP contribution in [0.3, 0.4) is 0 Å². The van der Waals surface area contributed by atoms with Crippen LogP contribution in [0.25, 0.3) is 0 Å². The summed E-state index contributed by atoms with van der Waals surface area (Å²) in [5.41, 5.74) is 0.986. The SMILES string of the molecule is COc1cccc(CC(=O)N(C)CC2CC(Cl)C2)c1. The highest BCUT2D eigenvalue weighted by Crippen LogP contribution is 2.32. The lowest BCUT2D eigenvalue weighted by molar-refractivity contribution is -0.130. The van der Waals surface area contributed by atoms with Gasteiger partial charge in [0, 0.05) is 19.0 Å². The van der Waals surface area contributed by atoms with Crippen molar-refractivity contribution in [2.24, 2.45) is 5.92 Å². The normalized spacial score (nSPS) is 21.6. The van der Waals surface area contributed by atoms with Gasteiger partial charge in [0.2, 0.25) is 5.91 Å². The van der Waals surface area contributed by atoms with Gasteiger partial charge >= 0.3 is 0 Å². The summed E-state index contributed by atoms with van der Waals surface area (Å²) < 4.78 is 5.16. The van der Waals surface area contributed by atoms with Crippen LogP contribution >= 0.6 is 11.6 Å². The maximum Gasteiger partial charge on any atom is 0.226 e. The van der Waals surface area contributed by atoms with Crippen molar-refractivity contribution in [2.45, 2.75) is 24.6 Å². The number of carbonyl (C=O) groups is 1. The zero-order chi connectivity index (χ0) is 13.8. The summed E-state index contributed by atoms with van der Waals surface area (Å²) in [6, 6.07) is 7.65. The molecule has 4 heteroatoms. The number of nitrogens with zero attached hydrogens (tertiary/aromatic N) is 1. The van der Waals surface area contributed by atoms with Gasteiger partial charge in [-0.05, 0) is 36.5 Å². The van der Waals surface area contributed by atoms with Crippen LogP contribution in [-0.4, -0.2) is 36.9 Å². The number of benzene rings is 1. The van der Waals surface area contributed by atoms with Crippen molar-refractivity contribution in [1.82, 2.24) is 4.90 Å². The average molecular weight is 282 g/mol. The number of carbonyl (C=O) groups excluding carboxylic acids is 1. The van der Waals surface area contributed by atoms with E-state index in [0.29, 0.717) is 17.7 Å². The van der Waals surface area contributed by atoms with Gasteiger partial charge in [-0.3, -0.25) is 4.79 Å². The summed E-state index contributed by atoms with van der Waals surface area (Å²) in [5.74, 6) is 1.50. The molecule has 1 aromatic rings. The Morgan fingerprint density at radius 1 is 1.47 bits per heavy atom. The van der Waals surface area contributed by atoms with Gasteiger partial charge in [-0.15, -0.1) is 11.6 Å². The number of halogens is 1. The second-order valence-electron chi connectivity index (χ2n) is 5.24. The molecular weight excluding hydrogens is 262 g/mol. The van der Waals surface area contributed by atoms with Crippen LogP contribution in [0.4, 0.5) is 0 Å². The molecule has 0 aliphatic heterocycles. The van der Waals surface area contributed by atoms with Crippen molar-refractivity contribution < 1.29 is 9.53 Å². The van der Waals surface area contributed by atoms with E-state index >= 15 is 0 Å². The molecule has 0 spiro atoms. The fourth-order valence-corrected chi connectivity index (χ4v) is 2.89. The van der Waals surface area contributed by atoms with Gasteiger partial charge in [-0.25, -0.2) is 0 Å². The third kappa shape index (κ3) is 3.87. The Balaban J connectivity index is 1.85. The number of amides is 1. The first-order chi connectivity index (χ1) is 9.08. The van der Waals surface area contributed by atoms with Crippen LogP contribution in [0.1, 0.15) is 18.4 Å². The summed E-state index contributed by atoms with van der Waals surface area (Å²) in [6.07, 6.45) is 2.47. The van der Waals surface area contributed by atoms with E-state index in [1.54, 1.807) is 7.11 Å². The molecule has 1 fully saturated rings. The Bertz CT molecular complexity index is 444. The van der Waals surface area contributed by atoms with Crippen molar-refractivity contribution in [1.29, 1.82) is 0 Å². The minimum Gasteiger partial charge on any atom is -0.497 e. The number of hydrogen-bond donors (Lipinski definition) is 0. The molecule has 0 N–H and O–H groups in total. The van der Waals surface area contributed by atoms with Crippen molar-refractivity contribution in [3.05, 3.63) is 29.8 Å². The molecule has 104 valence electrons. The third-order valence-electron chi connectivity index (χ3n) is 3.63. The van der Waals surface area contributed by atoms with Gasteiger partial charge in [0.1, 0.15) is 5.75 Å². The zero-order valence-corrected chi connectivity index (χ0v) is 12.2. The second kappa shape index (κ2) is 6.29. The lowest BCUT2D eigenvalue weighted by atomic mass is 9.84. The minimum absolute atomic E-state index is 0.145. The van der Waals surface area contributed by atoms with Crippen LogP contribution in [0.15, 0.2) is 24.3 Å². The van der Waals surface area contributed by atoms with E-state index in [9.17, 15) is 4.79 Å². The number of hydrogen-bond acceptors (Lipinski definition) is 2. The largest absolute Gasteiger partial charge is 0.497 e. The van der Waals surface area contributed by atoms with Gasteiger partial charge in [-0.2, -0.15) is 0 Å². The van der Waals surface area contributed by atoms with E-state index in [1.165, 1.54) is 0 Å². The summed E-state index contributed by atoms with van der Waals surface area (Å²) in [7, 11) is 3.50. The molecule has 1 aliphatic carbocycles. The molecular formula is C15H20ClNO2. The first-order valence-corrected chi connectivity index (χ1v) is 7.03. The Hall–Kier alpha value is -1.22. The smallest absolute Gasteiger partial charge is 0.226 e. The number of ether oxygens (including phenoxy) is 1. The Morgan fingerprint density at radius 2 is 2.21 bits per heavy atom. The summed E-state index contributed by atoms with van der Waals surface area (Å²) in [6.45, 7) is 0.812. The van der Waals surface area contributed by atoms with E-state index in [0.717, 1.165) is 30.7 Å². The number of likely N-dealkylation sites (N-methyl/N-ethyl adjacent to an activating group) is 1. The number of alkyl halides is 1. The van der Waals surface area contributed by atoms with Crippen LogP contribution < -0.4 is 4.74 Å². The fourth-order valence-electron chi connectivity index (χ4n) is 2.38. The standard InChI is InChI=1S/C15H20ClNO2/c1-17(10-12-6-13(16)7-12)15(18)9-11-4-3-5-14(8-11)19-2/h3-5,8,12-13H,6-7,9-10H2,1-2H3. The van der Waals surface area contributed by atoms with E-state index in [1.807, 2.05) is 36.2 Å². The lowest BCUT2D eigenvalue weighted by Crippen LogP contribution is -2.38. The van der Waals surface area contributed by atoms with E-state index in [-0.39, 0.29) is 5.91 Å². The molecule has 1 aliphatic rings. The Kier molecular flexibility index (Phi) is 4.70. The van der Waals surface area contributed by atoms with Crippen LogP contribution in [0.5, 0.6) is 5.75 Å². The van der Waals surface area contributed by atoms with E-state index < -0.39 is 0 Å². The van der Waals surface area contributed by atoms with Crippen molar-refractivity contribution in [2.75, 3.05) is 20.7 Å². The highest BCUT2D eigenvalue weighted by Gasteiger charge is 2.29. The number of rotatable bonds is 5. The minimum atomic E-state index is 0.145. The first-order valence-electron chi connectivity index (χ1n) is 6.59. The second-order valence-corrected chi connectivity index (χ2v) is 5.85. The molecule has 0 heterocycles. The fraction of sp³-hybridized carbons (Fsp3) is 0.533. The molecule has 0 saturated heterocycles. The van der Waals surface area contributed by atoms with Gasteiger partial charge in [0.15, 0.2) is 0 Å².